The molecule has 1 aromatic carbocycles. The van der Waals surface area contributed by atoms with Crippen molar-refractivity contribution in [3.8, 4) is 5.69 Å². The summed E-state index contributed by atoms with van der Waals surface area (Å²) in [6.07, 6.45) is 6.68. The van der Waals surface area contributed by atoms with Crippen LogP contribution in [0.15, 0.2) is 43.0 Å². The molecule has 1 aliphatic heterocycles. The molecule has 1 saturated heterocycles. The Balaban J connectivity index is 1.66. The van der Waals surface area contributed by atoms with Gasteiger partial charge in [-0.3, -0.25) is 4.79 Å². The number of benzene rings is 1. The number of imidazole rings is 1. The fraction of sp³-hybridized carbons (Fsp3) is 0.375. The Labute approximate surface area is 133 Å². The van der Waals surface area contributed by atoms with E-state index in [1.807, 2.05) is 40.7 Å². The van der Waals surface area contributed by atoms with Crippen molar-refractivity contribution in [2.45, 2.75) is 18.4 Å². The molecule has 2 heterocycles. The predicted octanol–water partition coefficient (Wildman–Crippen LogP) is 1.86. The number of rotatable bonds is 4. The van der Waals surface area contributed by atoms with Crippen LogP contribution in [0.1, 0.15) is 23.2 Å². The van der Waals surface area contributed by atoms with Crippen molar-refractivity contribution in [2.75, 3.05) is 18.1 Å². The average molecular weight is 317 g/mol. The van der Waals surface area contributed by atoms with E-state index in [0.717, 1.165) is 30.0 Å². The van der Waals surface area contributed by atoms with Gasteiger partial charge in [-0.25, -0.2) is 4.98 Å². The van der Waals surface area contributed by atoms with Gasteiger partial charge in [-0.05, 0) is 42.5 Å². The van der Waals surface area contributed by atoms with E-state index in [9.17, 15) is 9.90 Å². The van der Waals surface area contributed by atoms with Gasteiger partial charge in [0.15, 0.2) is 0 Å². The van der Waals surface area contributed by atoms with E-state index in [2.05, 4.69) is 10.3 Å². The predicted molar refractivity (Wildman–Crippen MR) is 87.4 cm³/mol. The van der Waals surface area contributed by atoms with E-state index in [4.69, 9.17) is 0 Å². The molecule has 0 radical (unpaired) electrons. The number of thioether (sulfide) groups is 1. The fourth-order valence-electron chi connectivity index (χ4n) is 2.49. The molecule has 0 aliphatic carbocycles. The number of amides is 1. The zero-order valence-corrected chi connectivity index (χ0v) is 13.1. The molecule has 1 fully saturated rings. The van der Waals surface area contributed by atoms with Crippen LogP contribution in [0.4, 0.5) is 0 Å². The molecule has 0 spiro atoms. The van der Waals surface area contributed by atoms with Gasteiger partial charge in [-0.15, -0.1) is 0 Å². The first kappa shape index (κ1) is 15.1. The van der Waals surface area contributed by atoms with Gasteiger partial charge in [0.05, 0.1) is 11.9 Å². The van der Waals surface area contributed by atoms with E-state index in [1.165, 1.54) is 0 Å². The standard InChI is InChI=1S/C16H19N3O2S/c20-15(18-11-16(21)4-8-22-9-5-16)13-2-1-3-14(10-13)19-7-6-17-12-19/h1-3,6-7,10,12,21H,4-5,8-9,11H2,(H,18,20). The van der Waals surface area contributed by atoms with Crippen LogP contribution in [0.2, 0.25) is 0 Å². The van der Waals surface area contributed by atoms with E-state index >= 15 is 0 Å². The van der Waals surface area contributed by atoms with Gasteiger partial charge in [-0.1, -0.05) is 6.07 Å². The lowest BCUT2D eigenvalue weighted by atomic mass is 9.97. The average Bonchev–Trinajstić information content (AvgIpc) is 3.08. The molecule has 0 bridgehead atoms. The number of aromatic nitrogens is 2. The maximum Gasteiger partial charge on any atom is 0.251 e. The van der Waals surface area contributed by atoms with Crippen LogP contribution in [-0.2, 0) is 0 Å². The maximum atomic E-state index is 12.3. The zero-order chi connectivity index (χ0) is 15.4. The lowest BCUT2D eigenvalue weighted by Crippen LogP contribution is -2.45. The highest BCUT2D eigenvalue weighted by molar-refractivity contribution is 7.99. The molecule has 0 saturated carbocycles. The molecule has 5 nitrogen and oxygen atoms in total. The van der Waals surface area contributed by atoms with Gasteiger partial charge in [0.25, 0.3) is 5.91 Å². The number of hydrogen-bond donors (Lipinski definition) is 2. The Hall–Kier alpha value is -1.79. The number of hydrogen-bond acceptors (Lipinski definition) is 4. The van der Waals surface area contributed by atoms with Crippen molar-refractivity contribution in [1.29, 1.82) is 0 Å². The van der Waals surface area contributed by atoms with E-state index in [0.29, 0.717) is 12.1 Å². The molecule has 1 aromatic heterocycles. The van der Waals surface area contributed by atoms with Crippen LogP contribution in [0, 0.1) is 0 Å². The van der Waals surface area contributed by atoms with Crippen molar-refractivity contribution >= 4 is 17.7 Å². The molecular weight excluding hydrogens is 298 g/mol. The topological polar surface area (TPSA) is 67.2 Å². The Morgan fingerprint density at radius 3 is 2.95 bits per heavy atom. The van der Waals surface area contributed by atoms with Crippen molar-refractivity contribution in [3.05, 3.63) is 48.5 Å². The molecule has 2 aromatic rings. The third-order valence-corrected chi connectivity index (χ3v) is 4.90. The second kappa shape index (κ2) is 6.54. The summed E-state index contributed by atoms with van der Waals surface area (Å²) in [6, 6.07) is 7.36. The fourth-order valence-corrected chi connectivity index (χ4v) is 3.75. The van der Waals surface area contributed by atoms with Gasteiger partial charge < -0.3 is 15.0 Å². The monoisotopic (exact) mass is 317 g/mol. The SMILES string of the molecule is O=C(NCC1(O)CCSCC1)c1cccc(-n2ccnc2)c1. The third kappa shape index (κ3) is 3.51. The normalized spacial score (nSPS) is 17.1. The van der Waals surface area contributed by atoms with Crippen LogP contribution in [0.3, 0.4) is 0 Å². The lowest BCUT2D eigenvalue weighted by molar-refractivity contribution is 0.0311. The molecule has 22 heavy (non-hydrogen) atoms. The maximum absolute atomic E-state index is 12.3. The summed E-state index contributed by atoms with van der Waals surface area (Å²) in [4.78, 5) is 16.3. The minimum atomic E-state index is -0.761. The molecule has 1 amide bonds. The largest absolute Gasteiger partial charge is 0.388 e. The van der Waals surface area contributed by atoms with Crippen LogP contribution in [0.5, 0.6) is 0 Å². The summed E-state index contributed by atoms with van der Waals surface area (Å²) in [7, 11) is 0. The summed E-state index contributed by atoms with van der Waals surface area (Å²) < 4.78 is 1.85. The summed E-state index contributed by atoms with van der Waals surface area (Å²) in [5.74, 6) is 1.74. The first-order valence-electron chi connectivity index (χ1n) is 7.33. The minimum absolute atomic E-state index is 0.159. The summed E-state index contributed by atoms with van der Waals surface area (Å²) >= 11 is 1.85. The number of carbonyl (C=O) groups excluding carboxylic acids is 1. The molecular formula is C16H19N3O2S. The minimum Gasteiger partial charge on any atom is -0.388 e. The summed E-state index contributed by atoms with van der Waals surface area (Å²) in [5, 5.41) is 13.3. The highest BCUT2D eigenvalue weighted by Gasteiger charge is 2.29. The van der Waals surface area contributed by atoms with Crippen LogP contribution < -0.4 is 5.32 Å². The lowest BCUT2D eigenvalue weighted by Gasteiger charge is -2.31. The second-order valence-corrected chi connectivity index (χ2v) is 6.76. The highest BCUT2D eigenvalue weighted by atomic mass is 32.2. The molecule has 0 unspecified atom stereocenters. The first-order valence-corrected chi connectivity index (χ1v) is 8.49. The summed E-state index contributed by atoms with van der Waals surface area (Å²) in [5.41, 5.74) is 0.709. The van der Waals surface area contributed by atoms with Gasteiger partial charge in [0.1, 0.15) is 0 Å². The third-order valence-electron chi connectivity index (χ3n) is 3.91. The van der Waals surface area contributed by atoms with Crippen LogP contribution in [-0.4, -0.2) is 44.2 Å². The Morgan fingerprint density at radius 2 is 2.23 bits per heavy atom. The smallest absolute Gasteiger partial charge is 0.251 e. The molecule has 3 rings (SSSR count). The Bertz CT molecular complexity index is 637. The van der Waals surface area contributed by atoms with Crippen molar-refractivity contribution in [3.63, 3.8) is 0 Å². The first-order chi connectivity index (χ1) is 10.7. The van der Waals surface area contributed by atoms with E-state index < -0.39 is 5.60 Å². The van der Waals surface area contributed by atoms with Crippen molar-refractivity contribution in [2.24, 2.45) is 0 Å². The zero-order valence-electron chi connectivity index (χ0n) is 12.2. The second-order valence-electron chi connectivity index (χ2n) is 5.54. The van der Waals surface area contributed by atoms with Crippen molar-refractivity contribution in [1.82, 2.24) is 14.9 Å². The van der Waals surface area contributed by atoms with E-state index in [-0.39, 0.29) is 5.91 Å². The number of carbonyl (C=O) groups is 1. The van der Waals surface area contributed by atoms with Crippen LogP contribution >= 0.6 is 11.8 Å². The summed E-state index contributed by atoms with van der Waals surface area (Å²) in [6.45, 7) is 0.307. The van der Waals surface area contributed by atoms with Gasteiger partial charge >= 0.3 is 0 Å². The molecule has 116 valence electrons. The van der Waals surface area contributed by atoms with Gasteiger partial charge in [0, 0.05) is 30.2 Å². The number of nitrogens with one attached hydrogen (secondary N) is 1. The van der Waals surface area contributed by atoms with Gasteiger partial charge in [0.2, 0.25) is 0 Å². The Morgan fingerprint density at radius 1 is 1.41 bits per heavy atom. The molecule has 6 heteroatoms. The highest BCUT2D eigenvalue weighted by Crippen LogP contribution is 2.26. The molecule has 1 aliphatic rings. The van der Waals surface area contributed by atoms with E-state index in [1.54, 1.807) is 18.6 Å². The number of nitrogens with zero attached hydrogens (tertiary/aromatic N) is 2. The van der Waals surface area contributed by atoms with Crippen molar-refractivity contribution < 1.29 is 9.90 Å². The number of aliphatic hydroxyl groups is 1. The van der Waals surface area contributed by atoms with Crippen LogP contribution in [0.25, 0.3) is 5.69 Å². The molecule has 0 atom stereocenters. The Kier molecular flexibility index (Phi) is 4.49. The molecule has 2 N–H and O–H groups in total. The quantitative estimate of drug-likeness (QED) is 0.903. The van der Waals surface area contributed by atoms with Gasteiger partial charge in [-0.2, -0.15) is 11.8 Å².